The first kappa shape index (κ1) is 31.6. The van der Waals surface area contributed by atoms with Crippen LogP contribution in [0.2, 0.25) is 0 Å². The van der Waals surface area contributed by atoms with E-state index in [2.05, 4.69) is 58.9 Å². The van der Waals surface area contributed by atoms with Crippen molar-refractivity contribution in [1.29, 1.82) is 0 Å². The lowest BCUT2D eigenvalue weighted by atomic mass is 9.45. The van der Waals surface area contributed by atoms with Gasteiger partial charge in [0.05, 0.1) is 11.1 Å². The molecule has 4 heteroatoms. The molecule has 0 aliphatic heterocycles. The van der Waals surface area contributed by atoms with Gasteiger partial charge in [0.25, 0.3) is 0 Å². The van der Waals surface area contributed by atoms with Crippen LogP contribution in [0.3, 0.4) is 0 Å². The Morgan fingerprint density at radius 1 is 0.596 bits per heavy atom. The summed E-state index contributed by atoms with van der Waals surface area (Å²) in [5.74, 6) is 3.30. The molecule has 0 radical (unpaired) electrons. The number of rotatable bonds is 9. The molecule has 2 N–H and O–H groups in total. The van der Waals surface area contributed by atoms with E-state index < -0.39 is 11.9 Å². The maximum Gasteiger partial charge on any atom is 0.336 e. The lowest BCUT2D eigenvalue weighted by Gasteiger charge is -2.59. The van der Waals surface area contributed by atoms with E-state index in [1.807, 2.05) is 0 Å². The van der Waals surface area contributed by atoms with E-state index in [1.54, 1.807) is 0 Å². The first-order chi connectivity index (χ1) is 22.3. The van der Waals surface area contributed by atoms with E-state index in [-0.39, 0.29) is 22.7 Å². The molecular weight excluding hydrogens is 580 g/mol. The minimum absolute atomic E-state index is 0.00130. The first-order valence-corrected chi connectivity index (χ1v) is 19.1. The molecule has 10 rings (SSSR count). The molecule has 0 spiro atoms. The van der Waals surface area contributed by atoms with Gasteiger partial charge in [0.2, 0.25) is 0 Å². The van der Waals surface area contributed by atoms with E-state index >= 15 is 0 Å². The SMILES string of the molecule is CC(C)c1cc(C(C)C)c(C(=O)O)c(C(C)Cc2cc(C34CC5CC(CC(C5)C3)C4)c(C(=O)O)c(C34CC5CC(CC(C5)C3)C4)c2)c1. The third-order valence-corrected chi connectivity index (χ3v) is 14.4. The summed E-state index contributed by atoms with van der Waals surface area (Å²) in [5.41, 5.74) is 7.73. The minimum Gasteiger partial charge on any atom is -0.478 e. The second kappa shape index (κ2) is 11.2. The van der Waals surface area contributed by atoms with Crippen LogP contribution in [0.15, 0.2) is 24.3 Å². The zero-order valence-electron chi connectivity index (χ0n) is 29.4. The van der Waals surface area contributed by atoms with Crippen LogP contribution in [-0.2, 0) is 17.3 Å². The zero-order valence-corrected chi connectivity index (χ0v) is 29.4. The van der Waals surface area contributed by atoms with Crippen LogP contribution >= 0.6 is 0 Å². The quantitative estimate of drug-likeness (QED) is 0.287. The van der Waals surface area contributed by atoms with Crippen LogP contribution in [0.25, 0.3) is 0 Å². The highest BCUT2D eigenvalue weighted by molar-refractivity contribution is 5.93. The molecule has 4 nitrogen and oxygen atoms in total. The molecule has 8 fully saturated rings. The number of carboxylic acid groups (broad SMARTS) is 2. The van der Waals surface area contributed by atoms with E-state index in [9.17, 15) is 19.8 Å². The summed E-state index contributed by atoms with van der Waals surface area (Å²) in [6.45, 7) is 10.8. The Morgan fingerprint density at radius 3 is 1.32 bits per heavy atom. The molecule has 1 unspecified atom stereocenters. The van der Waals surface area contributed by atoms with E-state index in [0.29, 0.717) is 17.0 Å². The molecule has 8 aliphatic carbocycles. The molecule has 1 atom stereocenters. The van der Waals surface area contributed by atoms with E-state index in [0.717, 1.165) is 103 Å². The second-order valence-corrected chi connectivity index (χ2v) is 18.6. The van der Waals surface area contributed by atoms with Gasteiger partial charge in [-0.3, -0.25) is 0 Å². The van der Waals surface area contributed by atoms with Gasteiger partial charge < -0.3 is 10.2 Å². The summed E-state index contributed by atoms with van der Waals surface area (Å²) in [4.78, 5) is 26.5. The average Bonchev–Trinajstić information content (AvgIpc) is 2.98. The third-order valence-electron chi connectivity index (χ3n) is 14.4. The predicted octanol–water partition coefficient (Wildman–Crippen LogP) is 10.6. The summed E-state index contributed by atoms with van der Waals surface area (Å²) >= 11 is 0. The van der Waals surface area contributed by atoms with Crippen molar-refractivity contribution < 1.29 is 19.8 Å². The van der Waals surface area contributed by atoms with Gasteiger partial charge in [0.1, 0.15) is 0 Å². The summed E-state index contributed by atoms with van der Waals surface area (Å²) in [6.07, 6.45) is 15.6. The number of hydrogen-bond donors (Lipinski definition) is 2. The van der Waals surface area contributed by atoms with Crippen molar-refractivity contribution in [3.63, 3.8) is 0 Å². The number of benzene rings is 2. The summed E-state index contributed by atoms with van der Waals surface area (Å²) in [7, 11) is 0. The molecule has 252 valence electrons. The van der Waals surface area contributed by atoms with Crippen molar-refractivity contribution in [2.75, 3.05) is 0 Å². The Hall–Kier alpha value is -2.62. The molecule has 0 heterocycles. The fourth-order valence-corrected chi connectivity index (χ4v) is 13.4. The van der Waals surface area contributed by atoms with Crippen molar-refractivity contribution in [2.45, 2.75) is 147 Å². The highest BCUT2D eigenvalue weighted by atomic mass is 16.4. The highest BCUT2D eigenvalue weighted by Gasteiger charge is 2.56. The average molecular weight is 637 g/mol. The molecule has 8 saturated carbocycles. The maximum absolute atomic E-state index is 13.6. The maximum atomic E-state index is 13.6. The Balaban J connectivity index is 1.29. The molecule has 8 aliphatic rings. The summed E-state index contributed by atoms with van der Waals surface area (Å²) in [6, 6.07) is 8.96. The molecule has 0 amide bonds. The predicted molar refractivity (Wildman–Crippen MR) is 187 cm³/mol. The van der Waals surface area contributed by atoms with Gasteiger partial charge in [0.15, 0.2) is 0 Å². The van der Waals surface area contributed by atoms with Crippen molar-refractivity contribution in [1.82, 2.24) is 0 Å². The van der Waals surface area contributed by atoms with Gasteiger partial charge in [-0.05, 0) is 181 Å². The first-order valence-electron chi connectivity index (χ1n) is 19.1. The number of carboxylic acids is 2. The largest absolute Gasteiger partial charge is 0.478 e. The van der Waals surface area contributed by atoms with Gasteiger partial charge in [0, 0.05) is 0 Å². The zero-order chi connectivity index (χ0) is 33.0. The fraction of sp³-hybridized carbons (Fsp3) is 0.674. The van der Waals surface area contributed by atoms with Crippen LogP contribution in [-0.4, -0.2) is 22.2 Å². The molecule has 47 heavy (non-hydrogen) atoms. The monoisotopic (exact) mass is 636 g/mol. The normalized spacial score (nSPS) is 35.6. The third kappa shape index (κ3) is 5.21. The lowest BCUT2D eigenvalue weighted by molar-refractivity contribution is -0.00965. The van der Waals surface area contributed by atoms with Crippen LogP contribution in [0.5, 0.6) is 0 Å². The Labute approximate surface area is 282 Å². The van der Waals surface area contributed by atoms with Crippen molar-refractivity contribution in [3.05, 3.63) is 68.8 Å². The van der Waals surface area contributed by atoms with E-state index in [1.165, 1.54) is 49.7 Å². The van der Waals surface area contributed by atoms with Gasteiger partial charge in [-0.1, -0.05) is 58.9 Å². The lowest BCUT2D eigenvalue weighted by Crippen LogP contribution is -2.51. The Kier molecular flexibility index (Phi) is 7.54. The molecule has 2 aromatic carbocycles. The molecule has 0 aromatic heterocycles. The van der Waals surface area contributed by atoms with Gasteiger partial charge in [-0.15, -0.1) is 0 Å². The molecule has 0 saturated heterocycles. The standard InChI is InChI=1S/C43H56O4/c1-23(2)33-15-34(24(3)4)38(40(44)45)35(16-33)25(5)6-26-13-36(42-17-27-7-28(18-42)9-29(8-27)19-42)39(41(46)47)37(14-26)43-20-30-10-31(21-43)12-32(11-30)22-43/h13-16,23-25,27-32H,6-12,17-22H2,1-5H3,(H,44,45)(H,46,47). The van der Waals surface area contributed by atoms with Crippen LogP contribution in [0.1, 0.15) is 184 Å². The van der Waals surface area contributed by atoms with Crippen LogP contribution < -0.4 is 0 Å². The smallest absolute Gasteiger partial charge is 0.336 e. The van der Waals surface area contributed by atoms with Crippen molar-refractivity contribution in [3.8, 4) is 0 Å². The minimum atomic E-state index is -0.837. The van der Waals surface area contributed by atoms with Crippen LogP contribution in [0, 0.1) is 35.5 Å². The second-order valence-electron chi connectivity index (χ2n) is 18.6. The number of carbonyl (C=O) groups is 2. The topological polar surface area (TPSA) is 74.6 Å². The summed E-state index contributed by atoms with van der Waals surface area (Å²) < 4.78 is 0. The molecule has 2 aromatic rings. The molecule has 8 bridgehead atoms. The highest BCUT2D eigenvalue weighted by Crippen LogP contribution is 2.64. The summed E-state index contributed by atoms with van der Waals surface area (Å²) in [5, 5.41) is 21.8. The van der Waals surface area contributed by atoms with Crippen LogP contribution in [0.4, 0.5) is 0 Å². The Bertz CT molecular complexity index is 1470. The molecular formula is C43H56O4. The number of hydrogen-bond acceptors (Lipinski definition) is 2. The number of aromatic carboxylic acids is 2. The fourth-order valence-electron chi connectivity index (χ4n) is 13.4. The van der Waals surface area contributed by atoms with Gasteiger partial charge in [-0.2, -0.15) is 0 Å². The van der Waals surface area contributed by atoms with Crippen molar-refractivity contribution in [2.24, 2.45) is 35.5 Å². The van der Waals surface area contributed by atoms with Gasteiger partial charge in [-0.25, -0.2) is 9.59 Å². The van der Waals surface area contributed by atoms with E-state index in [4.69, 9.17) is 0 Å². The Morgan fingerprint density at radius 2 is 0.979 bits per heavy atom. The van der Waals surface area contributed by atoms with Crippen molar-refractivity contribution >= 4 is 11.9 Å². The van der Waals surface area contributed by atoms with Gasteiger partial charge >= 0.3 is 11.9 Å².